The Kier molecular flexibility index (Phi) is 5.33. The number of carboxylic acid groups (broad SMARTS) is 2. The quantitative estimate of drug-likeness (QED) is 0.445. The molecule has 0 heterocycles. The van der Waals surface area contributed by atoms with E-state index in [-0.39, 0.29) is 11.1 Å². The molecule has 3 N–H and O–H groups in total. The second-order valence-corrected chi connectivity index (χ2v) is 5.79. The lowest BCUT2D eigenvalue weighted by Gasteiger charge is -2.11. The SMILES string of the molecule is O=C(O)/C(=C(\C(=O)O)c1ccc(Nc2ccccc2)cc1)c1ccccc1. The molecular formula is C22H17NO4. The maximum atomic E-state index is 11.9. The zero-order chi connectivity index (χ0) is 19.2. The standard InChI is InChI=1S/C22H17NO4/c24-21(25)19(15-7-3-1-4-8-15)20(22(26)27)16-11-13-18(14-12-16)23-17-9-5-2-6-10-17/h1-14,23H,(H,24,25)(H,26,27)/b20-19-. The largest absolute Gasteiger partial charge is 0.478 e. The molecule has 27 heavy (non-hydrogen) atoms. The maximum absolute atomic E-state index is 11.9. The van der Waals surface area contributed by atoms with E-state index in [1.807, 2.05) is 30.3 Å². The molecule has 0 bridgehead atoms. The molecule has 0 aliphatic heterocycles. The van der Waals surface area contributed by atoms with Gasteiger partial charge in [-0.05, 0) is 35.4 Å². The Hall–Kier alpha value is -3.86. The molecule has 0 unspecified atom stereocenters. The van der Waals surface area contributed by atoms with E-state index in [1.54, 1.807) is 54.6 Å². The number of carboxylic acids is 2. The van der Waals surface area contributed by atoms with Crippen LogP contribution in [0.1, 0.15) is 11.1 Å². The highest BCUT2D eigenvalue weighted by Crippen LogP contribution is 2.28. The molecule has 5 heteroatoms. The van der Waals surface area contributed by atoms with Gasteiger partial charge in [-0.25, -0.2) is 9.59 Å². The summed E-state index contributed by atoms with van der Waals surface area (Å²) in [6, 6.07) is 24.4. The summed E-state index contributed by atoms with van der Waals surface area (Å²) >= 11 is 0. The Morgan fingerprint density at radius 3 is 1.44 bits per heavy atom. The molecule has 134 valence electrons. The highest BCUT2D eigenvalue weighted by atomic mass is 16.4. The topological polar surface area (TPSA) is 86.6 Å². The normalized spacial score (nSPS) is 11.4. The second kappa shape index (κ2) is 8.01. The van der Waals surface area contributed by atoms with Gasteiger partial charge in [0.15, 0.2) is 0 Å². The molecule has 3 aromatic rings. The number of carbonyl (C=O) groups is 2. The van der Waals surface area contributed by atoms with Crippen molar-refractivity contribution in [2.45, 2.75) is 0 Å². The van der Waals surface area contributed by atoms with Gasteiger partial charge in [0.05, 0.1) is 11.1 Å². The van der Waals surface area contributed by atoms with Gasteiger partial charge in [-0.15, -0.1) is 0 Å². The van der Waals surface area contributed by atoms with Crippen LogP contribution in [0.3, 0.4) is 0 Å². The zero-order valence-electron chi connectivity index (χ0n) is 14.3. The first-order valence-corrected chi connectivity index (χ1v) is 8.25. The third-order valence-electron chi connectivity index (χ3n) is 3.98. The maximum Gasteiger partial charge on any atom is 0.337 e. The van der Waals surface area contributed by atoms with E-state index in [1.165, 1.54) is 0 Å². The molecule has 0 saturated heterocycles. The first-order valence-electron chi connectivity index (χ1n) is 8.25. The van der Waals surface area contributed by atoms with Crippen LogP contribution in [0.15, 0.2) is 84.9 Å². The molecular weight excluding hydrogens is 342 g/mol. The molecule has 0 radical (unpaired) electrons. The van der Waals surface area contributed by atoms with Crippen molar-refractivity contribution in [1.29, 1.82) is 0 Å². The predicted octanol–water partition coefficient (Wildman–Crippen LogP) is 4.51. The van der Waals surface area contributed by atoms with Crippen molar-refractivity contribution in [2.24, 2.45) is 0 Å². The zero-order valence-corrected chi connectivity index (χ0v) is 14.3. The van der Waals surface area contributed by atoms with E-state index >= 15 is 0 Å². The molecule has 0 aliphatic rings. The fourth-order valence-corrected chi connectivity index (χ4v) is 2.76. The Bertz CT molecular complexity index is 978. The van der Waals surface area contributed by atoms with Crippen LogP contribution in [0, 0.1) is 0 Å². The molecule has 0 atom stereocenters. The van der Waals surface area contributed by atoms with Gasteiger partial charge in [0.1, 0.15) is 0 Å². The van der Waals surface area contributed by atoms with Crippen molar-refractivity contribution >= 4 is 34.5 Å². The van der Waals surface area contributed by atoms with E-state index < -0.39 is 11.9 Å². The van der Waals surface area contributed by atoms with Gasteiger partial charge < -0.3 is 15.5 Å². The number of aliphatic carboxylic acids is 2. The summed E-state index contributed by atoms with van der Waals surface area (Å²) in [5, 5.41) is 22.5. The average molecular weight is 359 g/mol. The number of nitrogens with one attached hydrogen (secondary N) is 1. The number of hydrogen-bond acceptors (Lipinski definition) is 3. The van der Waals surface area contributed by atoms with Gasteiger partial charge in [-0.3, -0.25) is 0 Å². The first-order chi connectivity index (χ1) is 13.1. The van der Waals surface area contributed by atoms with Gasteiger partial charge in [0, 0.05) is 11.4 Å². The van der Waals surface area contributed by atoms with Gasteiger partial charge in [0.2, 0.25) is 0 Å². The average Bonchev–Trinajstić information content (AvgIpc) is 2.68. The Balaban J connectivity index is 2.02. The summed E-state index contributed by atoms with van der Waals surface area (Å²) in [5.74, 6) is -2.58. The highest BCUT2D eigenvalue weighted by Gasteiger charge is 2.23. The molecule has 0 spiro atoms. The summed E-state index contributed by atoms with van der Waals surface area (Å²) in [4.78, 5) is 23.7. The van der Waals surface area contributed by atoms with Crippen molar-refractivity contribution < 1.29 is 19.8 Å². The summed E-state index contributed by atoms with van der Waals surface area (Å²) in [5.41, 5.74) is 1.84. The van der Waals surface area contributed by atoms with Crippen molar-refractivity contribution in [3.63, 3.8) is 0 Å². The molecule has 5 nitrogen and oxygen atoms in total. The Morgan fingerprint density at radius 1 is 0.556 bits per heavy atom. The van der Waals surface area contributed by atoms with Crippen molar-refractivity contribution in [3.8, 4) is 0 Å². The van der Waals surface area contributed by atoms with E-state index in [0.717, 1.165) is 11.4 Å². The van der Waals surface area contributed by atoms with Crippen LogP contribution in [0.25, 0.3) is 11.1 Å². The van der Waals surface area contributed by atoms with Crippen LogP contribution in [0.2, 0.25) is 0 Å². The number of rotatable bonds is 6. The first kappa shape index (κ1) is 17.9. The minimum atomic E-state index is -1.29. The van der Waals surface area contributed by atoms with E-state index in [0.29, 0.717) is 11.1 Å². The smallest absolute Gasteiger partial charge is 0.337 e. The van der Waals surface area contributed by atoms with Gasteiger partial charge in [0.25, 0.3) is 0 Å². The molecule has 0 aliphatic carbocycles. The third kappa shape index (κ3) is 4.22. The second-order valence-electron chi connectivity index (χ2n) is 5.79. The molecule has 0 amide bonds. The van der Waals surface area contributed by atoms with Crippen LogP contribution in [-0.2, 0) is 9.59 Å². The van der Waals surface area contributed by atoms with E-state index in [9.17, 15) is 19.8 Å². The minimum Gasteiger partial charge on any atom is -0.478 e. The van der Waals surface area contributed by atoms with Crippen LogP contribution < -0.4 is 5.32 Å². The number of benzene rings is 3. The summed E-state index contributed by atoms with van der Waals surface area (Å²) in [6.07, 6.45) is 0. The third-order valence-corrected chi connectivity index (χ3v) is 3.98. The van der Waals surface area contributed by atoms with E-state index in [2.05, 4.69) is 5.32 Å². The summed E-state index contributed by atoms with van der Waals surface area (Å²) in [7, 11) is 0. The fraction of sp³-hybridized carbons (Fsp3) is 0. The fourth-order valence-electron chi connectivity index (χ4n) is 2.76. The number of anilines is 2. The van der Waals surface area contributed by atoms with Crippen molar-refractivity contribution in [1.82, 2.24) is 0 Å². The van der Waals surface area contributed by atoms with Crippen LogP contribution in [-0.4, -0.2) is 22.2 Å². The Labute approximate surface area is 156 Å². The minimum absolute atomic E-state index is 0.244. The lowest BCUT2D eigenvalue weighted by molar-refractivity contribution is -0.132. The van der Waals surface area contributed by atoms with Gasteiger partial charge in [-0.1, -0.05) is 60.7 Å². The monoisotopic (exact) mass is 359 g/mol. The molecule has 0 aromatic heterocycles. The highest BCUT2D eigenvalue weighted by molar-refractivity contribution is 6.36. The summed E-state index contributed by atoms with van der Waals surface area (Å²) in [6.45, 7) is 0. The van der Waals surface area contributed by atoms with Crippen molar-refractivity contribution in [2.75, 3.05) is 5.32 Å². The lowest BCUT2D eigenvalue weighted by atomic mass is 9.94. The van der Waals surface area contributed by atoms with E-state index in [4.69, 9.17) is 0 Å². The van der Waals surface area contributed by atoms with Crippen LogP contribution in [0.4, 0.5) is 11.4 Å². The van der Waals surface area contributed by atoms with Gasteiger partial charge >= 0.3 is 11.9 Å². The lowest BCUT2D eigenvalue weighted by Crippen LogP contribution is -2.10. The summed E-state index contributed by atoms with van der Waals surface area (Å²) < 4.78 is 0. The number of para-hydroxylation sites is 1. The number of hydrogen-bond donors (Lipinski definition) is 3. The van der Waals surface area contributed by atoms with Crippen molar-refractivity contribution in [3.05, 3.63) is 96.1 Å². The Morgan fingerprint density at radius 2 is 0.963 bits per heavy atom. The molecule has 0 saturated carbocycles. The predicted molar refractivity (Wildman–Crippen MR) is 105 cm³/mol. The van der Waals surface area contributed by atoms with Gasteiger partial charge in [-0.2, -0.15) is 0 Å². The molecule has 0 fully saturated rings. The van der Waals surface area contributed by atoms with Crippen LogP contribution in [0.5, 0.6) is 0 Å². The molecule has 3 aromatic carbocycles. The molecule has 3 rings (SSSR count). The van der Waals surface area contributed by atoms with Crippen LogP contribution >= 0.6 is 0 Å².